The topological polar surface area (TPSA) is 109 Å². The summed E-state index contributed by atoms with van der Waals surface area (Å²) in [4.78, 5) is 12.5. The Kier molecular flexibility index (Phi) is 6.59. The summed E-state index contributed by atoms with van der Waals surface area (Å²) in [5, 5.41) is 17.7. The smallest absolute Gasteiger partial charge is 0.251 e. The molecule has 2 rings (SSSR count). The minimum atomic E-state index is -3.87. The molecule has 0 aliphatic heterocycles. The molecule has 1 amide bonds. The highest BCUT2D eigenvalue weighted by Gasteiger charge is 2.24. The molecule has 140 valence electrons. The quantitative estimate of drug-likeness (QED) is 0.712. The van der Waals surface area contributed by atoms with Gasteiger partial charge in [-0.15, -0.1) is 0 Å². The van der Waals surface area contributed by atoms with E-state index in [4.69, 9.17) is 5.14 Å². The van der Waals surface area contributed by atoms with E-state index in [9.17, 15) is 18.3 Å². The van der Waals surface area contributed by atoms with Gasteiger partial charge in [-0.25, -0.2) is 13.6 Å². The van der Waals surface area contributed by atoms with Gasteiger partial charge in [0, 0.05) is 24.6 Å². The number of aryl methyl sites for hydroxylation is 1. The second-order valence-corrected chi connectivity index (χ2v) is 8.57. The van der Waals surface area contributed by atoms with Crippen LogP contribution in [0.2, 0.25) is 0 Å². The number of aliphatic hydroxyl groups is 1. The molecule has 0 radical (unpaired) electrons. The van der Waals surface area contributed by atoms with E-state index in [1.54, 1.807) is 13.8 Å². The van der Waals surface area contributed by atoms with Gasteiger partial charge in [-0.2, -0.15) is 0 Å². The normalized spacial score (nSPS) is 17.3. The molecule has 1 atom stereocenters. The molecule has 1 aromatic rings. The van der Waals surface area contributed by atoms with E-state index in [-0.39, 0.29) is 23.3 Å². The Balaban J connectivity index is 2.13. The van der Waals surface area contributed by atoms with Crippen LogP contribution in [0.3, 0.4) is 0 Å². The molecule has 25 heavy (non-hydrogen) atoms. The van der Waals surface area contributed by atoms with E-state index < -0.39 is 10.0 Å². The third-order valence-corrected chi connectivity index (χ3v) is 6.18. The highest BCUT2D eigenvalue weighted by Crippen LogP contribution is 2.29. The van der Waals surface area contributed by atoms with Crippen molar-refractivity contribution in [3.63, 3.8) is 0 Å². The molecule has 0 spiro atoms. The maximum absolute atomic E-state index is 12.6. The van der Waals surface area contributed by atoms with Crippen LogP contribution in [0.1, 0.15) is 53.6 Å². The fraction of sp³-hybridized carbons (Fsp3) is 0.611. The zero-order chi connectivity index (χ0) is 18.6. The van der Waals surface area contributed by atoms with Gasteiger partial charge in [-0.1, -0.05) is 32.1 Å². The Hall–Kier alpha value is -1.44. The molecular formula is C18H28N2O4S. The van der Waals surface area contributed by atoms with Crippen LogP contribution in [0, 0.1) is 25.7 Å². The predicted molar refractivity (Wildman–Crippen MR) is 96.8 cm³/mol. The van der Waals surface area contributed by atoms with E-state index in [0.717, 1.165) is 18.4 Å². The molecule has 0 saturated heterocycles. The predicted octanol–water partition coefficient (Wildman–Crippen LogP) is 1.87. The fourth-order valence-electron chi connectivity index (χ4n) is 3.53. The molecule has 0 aromatic heterocycles. The zero-order valence-corrected chi connectivity index (χ0v) is 15.7. The second-order valence-electron chi connectivity index (χ2n) is 7.01. The number of rotatable bonds is 6. The highest BCUT2D eigenvalue weighted by molar-refractivity contribution is 7.89. The number of nitrogens with one attached hydrogen (secondary N) is 1. The second kappa shape index (κ2) is 8.29. The molecule has 4 N–H and O–H groups in total. The lowest BCUT2D eigenvalue weighted by atomic mass is 9.80. The molecule has 1 aromatic carbocycles. The van der Waals surface area contributed by atoms with E-state index >= 15 is 0 Å². The van der Waals surface area contributed by atoms with E-state index in [0.29, 0.717) is 23.6 Å². The molecule has 7 heteroatoms. The number of benzene rings is 1. The van der Waals surface area contributed by atoms with Gasteiger partial charge < -0.3 is 10.4 Å². The summed E-state index contributed by atoms with van der Waals surface area (Å²) in [6, 6.07) is 2.79. The summed E-state index contributed by atoms with van der Waals surface area (Å²) < 4.78 is 23.2. The van der Waals surface area contributed by atoms with Crippen LogP contribution in [0.15, 0.2) is 17.0 Å². The molecule has 1 fully saturated rings. The van der Waals surface area contributed by atoms with Crippen LogP contribution >= 0.6 is 0 Å². The number of primary sulfonamides is 1. The molecule has 0 bridgehead atoms. The minimum absolute atomic E-state index is 0.0343. The van der Waals surface area contributed by atoms with Gasteiger partial charge in [-0.3, -0.25) is 4.79 Å². The van der Waals surface area contributed by atoms with Crippen molar-refractivity contribution in [2.45, 2.75) is 50.8 Å². The SMILES string of the molecule is Cc1cc(S(N)(=O)=O)cc(C(=O)NCC(CO)C2CCCCC2)c1C. The standard InChI is InChI=1S/C18H28N2O4S/c1-12-8-16(25(19,23)24)9-17(13(12)2)18(22)20-10-15(11-21)14-6-4-3-5-7-14/h8-9,14-15,21H,3-7,10-11H2,1-2H3,(H,20,22)(H2,19,23,24). The van der Waals surface area contributed by atoms with Crippen molar-refractivity contribution < 1.29 is 18.3 Å². The number of aliphatic hydroxyl groups excluding tert-OH is 1. The summed E-state index contributed by atoms with van der Waals surface area (Å²) in [5.74, 6) is 0.130. The van der Waals surface area contributed by atoms with Crippen LogP contribution in [0.5, 0.6) is 0 Å². The van der Waals surface area contributed by atoms with Crippen LogP contribution in [0.4, 0.5) is 0 Å². The number of sulfonamides is 1. The average Bonchev–Trinajstić information content (AvgIpc) is 2.57. The summed E-state index contributed by atoms with van der Waals surface area (Å²) >= 11 is 0. The maximum Gasteiger partial charge on any atom is 0.251 e. The van der Waals surface area contributed by atoms with Crippen molar-refractivity contribution in [3.8, 4) is 0 Å². The van der Waals surface area contributed by atoms with Crippen LogP contribution < -0.4 is 10.5 Å². The van der Waals surface area contributed by atoms with Gasteiger partial charge in [-0.05, 0) is 43.0 Å². The number of amides is 1. The van der Waals surface area contributed by atoms with Crippen molar-refractivity contribution >= 4 is 15.9 Å². The molecule has 1 unspecified atom stereocenters. The van der Waals surface area contributed by atoms with Gasteiger partial charge in [0.2, 0.25) is 10.0 Å². The zero-order valence-electron chi connectivity index (χ0n) is 14.9. The molecule has 1 aliphatic rings. The lowest BCUT2D eigenvalue weighted by Crippen LogP contribution is -2.35. The first-order chi connectivity index (χ1) is 11.7. The number of nitrogens with two attached hydrogens (primary N) is 1. The molecular weight excluding hydrogens is 340 g/mol. The largest absolute Gasteiger partial charge is 0.396 e. The summed E-state index contributed by atoms with van der Waals surface area (Å²) in [5.41, 5.74) is 1.73. The minimum Gasteiger partial charge on any atom is -0.396 e. The Morgan fingerprint density at radius 1 is 1.28 bits per heavy atom. The van der Waals surface area contributed by atoms with Crippen molar-refractivity contribution in [2.75, 3.05) is 13.2 Å². The molecule has 0 heterocycles. The number of carbonyl (C=O) groups excluding carboxylic acids is 1. The Morgan fingerprint density at radius 2 is 1.92 bits per heavy atom. The van der Waals surface area contributed by atoms with Crippen molar-refractivity contribution in [2.24, 2.45) is 17.0 Å². The third-order valence-electron chi connectivity index (χ3n) is 5.29. The number of hydrogen-bond donors (Lipinski definition) is 3. The molecule has 6 nitrogen and oxygen atoms in total. The summed E-state index contributed by atoms with van der Waals surface area (Å²) in [6.07, 6.45) is 5.74. The Labute approximate surface area is 149 Å². The van der Waals surface area contributed by atoms with Gasteiger partial charge in [0.25, 0.3) is 5.91 Å². The van der Waals surface area contributed by atoms with E-state index in [2.05, 4.69) is 5.32 Å². The number of hydrogen-bond acceptors (Lipinski definition) is 4. The van der Waals surface area contributed by atoms with Crippen molar-refractivity contribution in [3.05, 3.63) is 28.8 Å². The monoisotopic (exact) mass is 368 g/mol. The fourth-order valence-corrected chi connectivity index (χ4v) is 4.15. The lowest BCUT2D eigenvalue weighted by Gasteiger charge is -2.29. The van der Waals surface area contributed by atoms with Crippen LogP contribution in [0.25, 0.3) is 0 Å². The average molecular weight is 368 g/mol. The first-order valence-corrected chi connectivity index (χ1v) is 10.3. The van der Waals surface area contributed by atoms with Gasteiger partial charge >= 0.3 is 0 Å². The van der Waals surface area contributed by atoms with Gasteiger partial charge in [0.15, 0.2) is 0 Å². The van der Waals surface area contributed by atoms with Crippen molar-refractivity contribution in [1.29, 1.82) is 0 Å². The van der Waals surface area contributed by atoms with Gasteiger partial charge in [0.05, 0.1) is 4.90 Å². The summed E-state index contributed by atoms with van der Waals surface area (Å²) in [7, 11) is -3.87. The molecule has 1 saturated carbocycles. The summed E-state index contributed by atoms with van der Waals surface area (Å²) in [6.45, 7) is 3.96. The third kappa shape index (κ3) is 5.03. The van der Waals surface area contributed by atoms with E-state index in [1.807, 2.05) is 0 Å². The Morgan fingerprint density at radius 3 is 2.48 bits per heavy atom. The Bertz CT molecular complexity index is 725. The lowest BCUT2D eigenvalue weighted by molar-refractivity contribution is 0.0913. The highest BCUT2D eigenvalue weighted by atomic mass is 32.2. The van der Waals surface area contributed by atoms with Crippen molar-refractivity contribution in [1.82, 2.24) is 5.32 Å². The number of carbonyl (C=O) groups is 1. The maximum atomic E-state index is 12.6. The first kappa shape index (κ1) is 19.9. The van der Waals surface area contributed by atoms with Crippen LogP contribution in [-0.4, -0.2) is 32.6 Å². The molecule has 1 aliphatic carbocycles. The first-order valence-electron chi connectivity index (χ1n) is 8.77. The van der Waals surface area contributed by atoms with Crippen LogP contribution in [-0.2, 0) is 10.0 Å². The van der Waals surface area contributed by atoms with Gasteiger partial charge in [0.1, 0.15) is 0 Å². The van der Waals surface area contributed by atoms with E-state index in [1.165, 1.54) is 31.4 Å².